The summed E-state index contributed by atoms with van der Waals surface area (Å²) in [7, 11) is 1.78. The van der Waals surface area contributed by atoms with Gasteiger partial charge in [0.05, 0.1) is 12.3 Å². The highest BCUT2D eigenvalue weighted by molar-refractivity contribution is 5.92. The molecule has 0 atom stereocenters. The molecule has 0 unspecified atom stereocenters. The number of benzene rings is 1. The van der Waals surface area contributed by atoms with Gasteiger partial charge < -0.3 is 10.1 Å². The Kier molecular flexibility index (Phi) is 7.09. The lowest BCUT2D eigenvalue weighted by atomic mass is 10.2. The molecule has 2 aromatic rings. The fourth-order valence-corrected chi connectivity index (χ4v) is 2.36. The Morgan fingerprint density at radius 3 is 2.84 bits per heavy atom. The van der Waals surface area contributed by atoms with Crippen molar-refractivity contribution in [1.82, 2.24) is 15.1 Å². The SMILES string of the molecule is CCC#CCCOc1cccc(CNC(=O)c2cc(CC)nn2C)c1. The first-order chi connectivity index (χ1) is 12.1. The average Bonchev–Trinajstić information content (AvgIpc) is 3.01. The standard InChI is InChI=1S/C20H25N3O2/c1-4-6-7-8-12-25-18-11-9-10-16(13-18)15-21-20(24)19-14-17(5-2)22-23(19)3/h9-11,13-14H,4-5,8,12,15H2,1-3H3,(H,21,24). The number of ether oxygens (including phenoxy) is 1. The summed E-state index contributed by atoms with van der Waals surface area (Å²) in [5.41, 5.74) is 2.47. The Balaban J connectivity index is 1.88. The number of nitrogens with zero attached hydrogens (tertiary/aromatic N) is 2. The number of nitrogens with one attached hydrogen (secondary N) is 1. The van der Waals surface area contributed by atoms with Crippen LogP contribution in [-0.4, -0.2) is 22.3 Å². The summed E-state index contributed by atoms with van der Waals surface area (Å²) in [6, 6.07) is 9.56. The predicted octanol–water partition coefficient (Wildman–Crippen LogP) is 3.09. The molecular weight excluding hydrogens is 314 g/mol. The third kappa shape index (κ3) is 5.68. The van der Waals surface area contributed by atoms with E-state index < -0.39 is 0 Å². The second-order valence-electron chi connectivity index (χ2n) is 5.63. The Morgan fingerprint density at radius 1 is 1.28 bits per heavy atom. The predicted molar refractivity (Wildman–Crippen MR) is 98.4 cm³/mol. The van der Waals surface area contributed by atoms with Crippen molar-refractivity contribution in [2.45, 2.75) is 39.7 Å². The van der Waals surface area contributed by atoms with E-state index in [-0.39, 0.29) is 5.91 Å². The molecule has 1 amide bonds. The van der Waals surface area contributed by atoms with Gasteiger partial charge in [0.15, 0.2) is 0 Å². The van der Waals surface area contributed by atoms with Crippen LogP contribution in [-0.2, 0) is 20.0 Å². The van der Waals surface area contributed by atoms with E-state index in [1.54, 1.807) is 11.7 Å². The van der Waals surface area contributed by atoms with Crippen molar-refractivity contribution >= 4 is 5.91 Å². The van der Waals surface area contributed by atoms with Crippen molar-refractivity contribution in [3.63, 3.8) is 0 Å². The zero-order valence-electron chi connectivity index (χ0n) is 15.1. The third-order valence-electron chi connectivity index (χ3n) is 3.67. The molecule has 1 aromatic carbocycles. The zero-order chi connectivity index (χ0) is 18.1. The lowest BCUT2D eigenvalue weighted by molar-refractivity contribution is 0.0941. The molecule has 1 heterocycles. The first-order valence-electron chi connectivity index (χ1n) is 8.62. The van der Waals surface area contributed by atoms with E-state index in [4.69, 9.17) is 4.74 Å². The minimum absolute atomic E-state index is 0.129. The van der Waals surface area contributed by atoms with Gasteiger partial charge in [0.25, 0.3) is 5.91 Å². The van der Waals surface area contributed by atoms with Gasteiger partial charge in [-0.3, -0.25) is 9.48 Å². The second kappa shape index (κ2) is 9.53. The highest BCUT2D eigenvalue weighted by atomic mass is 16.5. The molecule has 0 saturated heterocycles. The summed E-state index contributed by atoms with van der Waals surface area (Å²) in [5.74, 6) is 6.73. The second-order valence-corrected chi connectivity index (χ2v) is 5.63. The molecular formula is C20H25N3O2. The molecule has 132 valence electrons. The Bertz CT molecular complexity index is 769. The van der Waals surface area contributed by atoms with Crippen molar-refractivity contribution in [3.8, 4) is 17.6 Å². The molecule has 0 spiro atoms. The van der Waals surface area contributed by atoms with Gasteiger partial charge in [-0.25, -0.2) is 0 Å². The van der Waals surface area contributed by atoms with Gasteiger partial charge in [-0.05, 0) is 30.2 Å². The summed E-state index contributed by atoms with van der Waals surface area (Å²) in [5, 5.41) is 7.23. The molecule has 0 fully saturated rings. The fourth-order valence-electron chi connectivity index (χ4n) is 2.36. The van der Waals surface area contributed by atoms with E-state index >= 15 is 0 Å². The normalized spacial score (nSPS) is 10.0. The molecule has 1 N–H and O–H groups in total. The van der Waals surface area contributed by atoms with Crippen molar-refractivity contribution in [3.05, 3.63) is 47.3 Å². The van der Waals surface area contributed by atoms with Crippen LogP contribution in [0.5, 0.6) is 5.75 Å². The molecule has 2 rings (SSSR count). The minimum Gasteiger partial charge on any atom is -0.493 e. The summed E-state index contributed by atoms with van der Waals surface area (Å²) >= 11 is 0. The Hall–Kier alpha value is -2.74. The molecule has 5 nitrogen and oxygen atoms in total. The van der Waals surface area contributed by atoms with Crippen molar-refractivity contribution < 1.29 is 9.53 Å². The van der Waals surface area contributed by atoms with Crippen LogP contribution in [0, 0.1) is 11.8 Å². The van der Waals surface area contributed by atoms with Crippen LogP contribution < -0.4 is 10.1 Å². The van der Waals surface area contributed by atoms with E-state index in [0.29, 0.717) is 18.8 Å². The number of hydrogen-bond acceptors (Lipinski definition) is 3. The van der Waals surface area contributed by atoms with Crippen LogP contribution in [0.3, 0.4) is 0 Å². The molecule has 5 heteroatoms. The quantitative estimate of drug-likeness (QED) is 0.623. The molecule has 0 bridgehead atoms. The topological polar surface area (TPSA) is 56.1 Å². The van der Waals surface area contributed by atoms with Crippen molar-refractivity contribution in [2.24, 2.45) is 7.05 Å². The smallest absolute Gasteiger partial charge is 0.269 e. The number of amides is 1. The zero-order valence-corrected chi connectivity index (χ0v) is 15.1. The molecule has 25 heavy (non-hydrogen) atoms. The van der Waals surface area contributed by atoms with Crippen molar-refractivity contribution in [2.75, 3.05) is 6.61 Å². The van der Waals surface area contributed by atoms with Crippen LogP contribution in [0.15, 0.2) is 30.3 Å². The van der Waals surface area contributed by atoms with E-state index in [1.165, 1.54) is 0 Å². The molecule has 1 aromatic heterocycles. The van der Waals surface area contributed by atoms with Crippen molar-refractivity contribution in [1.29, 1.82) is 0 Å². The van der Waals surface area contributed by atoms with Gasteiger partial charge in [0.2, 0.25) is 0 Å². The van der Waals surface area contributed by atoms with Gasteiger partial charge in [0, 0.05) is 26.4 Å². The van der Waals surface area contributed by atoms with Crippen LogP contribution in [0.25, 0.3) is 0 Å². The molecule has 0 aliphatic carbocycles. The Labute approximate surface area is 149 Å². The summed E-state index contributed by atoms with van der Waals surface area (Å²) in [6.45, 7) is 5.06. The number of rotatable bonds is 7. The monoisotopic (exact) mass is 339 g/mol. The average molecular weight is 339 g/mol. The number of aryl methyl sites for hydroxylation is 2. The summed E-state index contributed by atoms with van der Waals surface area (Å²) < 4.78 is 7.31. The highest BCUT2D eigenvalue weighted by Crippen LogP contribution is 2.14. The van der Waals surface area contributed by atoms with E-state index in [0.717, 1.165) is 36.3 Å². The van der Waals surface area contributed by atoms with Gasteiger partial charge in [-0.1, -0.05) is 31.9 Å². The maximum absolute atomic E-state index is 12.3. The van der Waals surface area contributed by atoms with E-state index in [2.05, 4.69) is 22.3 Å². The van der Waals surface area contributed by atoms with Crippen LogP contribution >= 0.6 is 0 Å². The largest absolute Gasteiger partial charge is 0.493 e. The van der Waals surface area contributed by atoms with Crippen LogP contribution in [0.1, 0.15) is 48.4 Å². The molecule has 0 radical (unpaired) electrons. The maximum atomic E-state index is 12.3. The number of aromatic nitrogens is 2. The molecule has 0 saturated carbocycles. The fraction of sp³-hybridized carbons (Fsp3) is 0.400. The van der Waals surface area contributed by atoms with Gasteiger partial charge in [0.1, 0.15) is 11.4 Å². The van der Waals surface area contributed by atoms with E-state index in [1.807, 2.05) is 44.2 Å². The first kappa shape index (κ1) is 18.6. The summed E-state index contributed by atoms with van der Waals surface area (Å²) in [4.78, 5) is 12.3. The van der Waals surface area contributed by atoms with E-state index in [9.17, 15) is 4.79 Å². The first-order valence-corrected chi connectivity index (χ1v) is 8.62. The minimum atomic E-state index is -0.129. The third-order valence-corrected chi connectivity index (χ3v) is 3.67. The van der Waals surface area contributed by atoms with Gasteiger partial charge in [-0.15, -0.1) is 5.92 Å². The maximum Gasteiger partial charge on any atom is 0.269 e. The lowest BCUT2D eigenvalue weighted by Gasteiger charge is -2.08. The molecule has 0 aliphatic heterocycles. The van der Waals surface area contributed by atoms with Gasteiger partial charge in [-0.2, -0.15) is 5.10 Å². The van der Waals surface area contributed by atoms with Gasteiger partial charge >= 0.3 is 0 Å². The van der Waals surface area contributed by atoms with Crippen LogP contribution in [0.2, 0.25) is 0 Å². The lowest BCUT2D eigenvalue weighted by Crippen LogP contribution is -2.25. The number of hydrogen-bond donors (Lipinski definition) is 1. The Morgan fingerprint density at radius 2 is 2.12 bits per heavy atom. The number of carbonyl (C=O) groups is 1. The highest BCUT2D eigenvalue weighted by Gasteiger charge is 2.12. The summed E-state index contributed by atoms with van der Waals surface area (Å²) in [6.07, 6.45) is 2.39. The van der Waals surface area contributed by atoms with Crippen LogP contribution in [0.4, 0.5) is 0 Å². The molecule has 0 aliphatic rings. The number of carbonyl (C=O) groups excluding carboxylic acids is 1.